The topological polar surface area (TPSA) is 57.8 Å². The first kappa shape index (κ1) is 17.3. The molecule has 0 spiro atoms. The highest BCUT2D eigenvalue weighted by Gasteiger charge is 2.14. The standard InChI is InChI=1S/C19H27N3O/c1-6-8-14-11-17(23)21-19(20-14)22-18-15(12(2)3)9-7-10-16(18)13(4)5/h7,9-13H,6,8H2,1-5H3,(H2,20,21,22,23). The largest absolute Gasteiger partial charge is 0.325 e. The smallest absolute Gasteiger partial charge is 0.252 e. The first-order valence-corrected chi connectivity index (χ1v) is 8.42. The lowest BCUT2D eigenvalue weighted by Crippen LogP contribution is -2.13. The number of aryl methyl sites for hydroxylation is 1. The summed E-state index contributed by atoms with van der Waals surface area (Å²) in [6.07, 6.45) is 1.77. The summed E-state index contributed by atoms with van der Waals surface area (Å²) in [6.45, 7) is 10.8. The Bertz CT molecular complexity index is 691. The van der Waals surface area contributed by atoms with Crippen LogP contribution in [0.25, 0.3) is 0 Å². The van der Waals surface area contributed by atoms with Gasteiger partial charge in [0.1, 0.15) is 0 Å². The van der Waals surface area contributed by atoms with Crippen molar-refractivity contribution in [3.05, 3.63) is 51.4 Å². The summed E-state index contributed by atoms with van der Waals surface area (Å²) >= 11 is 0. The Morgan fingerprint density at radius 2 is 1.74 bits per heavy atom. The van der Waals surface area contributed by atoms with Gasteiger partial charge < -0.3 is 5.32 Å². The molecule has 1 aromatic heterocycles. The van der Waals surface area contributed by atoms with Gasteiger partial charge in [0.25, 0.3) is 5.56 Å². The van der Waals surface area contributed by atoms with Gasteiger partial charge >= 0.3 is 0 Å². The van der Waals surface area contributed by atoms with Crippen LogP contribution in [0.1, 0.15) is 69.7 Å². The van der Waals surface area contributed by atoms with E-state index in [0.717, 1.165) is 24.2 Å². The zero-order chi connectivity index (χ0) is 17.0. The molecule has 0 atom stereocenters. The molecule has 0 bridgehead atoms. The van der Waals surface area contributed by atoms with E-state index in [9.17, 15) is 4.79 Å². The molecular weight excluding hydrogens is 286 g/mol. The average Bonchev–Trinajstić information content (AvgIpc) is 2.46. The van der Waals surface area contributed by atoms with Crippen LogP contribution >= 0.6 is 0 Å². The van der Waals surface area contributed by atoms with Crippen LogP contribution in [0.5, 0.6) is 0 Å². The zero-order valence-corrected chi connectivity index (χ0v) is 14.7. The molecule has 4 nitrogen and oxygen atoms in total. The maximum absolute atomic E-state index is 11.9. The number of aromatic amines is 1. The fourth-order valence-electron chi connectivity index (χ4n) is 2.77. The van der Waals surface area contributed by atoms with Crippen LogP contribution in [0, 0.1) is 0 Å². The van der Waals surface area contributed by atoms with E-state index in [4.69, 9.17) is 0 Å². The van der Waals surface area contributed by atoms with Crippen LogP contribution in [-0.2, 0) is 6.42 Å². The summed E-state index contributed by atoms with van der Waals surface area (Å²) in [6, 6.07) is 7.94. The van der Waals surface area contributed by atoms with E-state index in [2.05, 4.69) is 68.1 Å². The molecule has 2 rings (SSSR count). The molecule has 0 aliphatic rings. The van der Waals surface area contributed by atoms with Crippen molar-refractivity contribution in [3.8, 4) is 0 Å². The highest BCUT2D eigenvalue weighted by Crippen LogP contribution is 2.33. The lowest BCUT2D eigenvalue weighted by atomic mass is 9.93. The van der Waals surface area contributed by atoms with Crippen LogP contribution in [0.3, 0.4) is 0 Å². The van der Waals surface area contributed by atoms with Crippen molar-refractivity contribution in [2.45, 2.75) is 59.3 Å². The summed E-state index contributed by atoms with van der Waals surface area (Å²) in [5.41, 5.74) is 4.25. The minimum atomic E-state index is -0.112. The van der Waals surface area contributed by atoms with E-state index in [-0.39, 0.29) is 5.56 Å². The minimum Gasteiger partial charge on any atom is -0.325 e. The van der Waals surface area contributed by atoms with E-state index in [1.807, 2.05) is 0 Å². The van der Waals surface area contributed by atoms with E-state index in [1.54, 1.807) is 6.07 Å². The number of nitrogens with one attached hydrogen (secondary N) is 2. The zero-order valence-electron chi connectivity index (χ0n) is 14.7. The van der Waals surface area contributed by atoms with Crippen LogP contribution in [0.4, 0.5) is 11.6 Å². The predicted octanol–water partition coefficient (Wildman–Crippen LogP) is 4.71. The Balaban J connectivity index is 2.49. The third-order valence-corrected chi connectivity index (χ3v) is 3.92. The van der Waals surface area contributed by atoms with Gasteiger partial charge in [-0.15, -0.1) is 0 Å². The van der Waals surface area contributed by atoms with E-state index in [1.165, 1.54) is 11.1 Å². The van der Waals surface area contributed by atoms with Gasteiger partial charge in [0.2, 0.25) is 5.95 Å². The number of para-hydroxylation sites is 1. The van der Waals surface area contributed by atoms with Crippen molar-refractivity contribution >= 4 is 11.6 Å². The second kappa shape index (κ2) is 7.44. The van der Waals surface area contributed by atoms with Crippen molar-refractivity contribution in [2.24, 2.45) is 0 Å². The summed E-state index contributed by atoms with van der Waals surface area (Å²) in [5, 5.41) is 3.38. The van der Waals surface area contributed by atoms with Gasteiger partial charge in [-0.25, -0.2) is 4.98 Å². The molecule has 23 heavy (non-hydrogen) atoms. The number of H-pyrrole nitrogens is 1. The van der Waals surface area contributed by atoms with Crippen LogP contribution in [-0.4, -0.2) is 9.97 Å². The molecule has 0 fully saturated rings. The number of rotatable bonds is 6. The normalized spacial score (nSPS) is 11.3. The van der Waals surface area contributed by atoms with Gasteiger partial charge in [-0.1, -0.05) is 59.2 Å². The Kier molecular flexibility index (Phi) is 5.59. The van der Waals surface area contributed by atoms with Gasteiger partial charge in [0.05, 0.1) is 0 Å². The molecule has 0 aliphatic carbocycles. The molecule has 0 amide bonds. The minimum absolute atomic E-state index is 0.112. The molecule has 0 saturated carbocycles. The molecule has 2 N–H and O–H groups in total. The highest BCUT2D eigenvalue weighted by atomic mass is 16.1. The number of nitrogens with zero attached hydrogens (tertiary/aromatic N) is 1. The first-order chi connectivity index (χ1) is 10.9. The number of hydrogen-bond acceptors (Lipinski definition) is 3. The second-order valence-electron chi connectivity index (χ2n) is 6.58. The quantitative estimate of drug-likeness (QED) is 0.811. The van der Waals surface area contributed by atoms with E-state index >= 15 is 0 Å². The second-order valence-corrected chi connectivity index (χ2v) is 6.58. The fraction of sp³-hybridized carbons (Fsp3) is 0.474. The third kappa shape index (κ3) is 4.21. The molecular formula is C19H27N3O. The maximum atomic E-state index is 11.9. The number of aromatic nitrogens is 2. The van der Waals surface area contributed by atoms with Gasteiger partial charge in [0.15, 0.2) is 0 Å². The van der Waals surface area contributed by atoms with Crippen molar-refractivity contribution in [1.82, 2.24) is 9.97 Å². The lowest BCUT2D eigenvalue weighted by Gasteiger charge is -2.20. The third-order valence-electron chi connectivity index (χ3n) is 3.92. The van der Waals surface area contributed by atoms with Gasteiger partial charge in [-0.2, -0.15) is 0 Å². The molecule has 2 aromatic rings. The van der Waals surface area contributed by atoms with Crippen molar-refractivity contribution in [3.63, 3.8) is 0 Å². The number of benzene rings is 1. The lowest BCUT2D eigenvalue weighted by molar-refractivity contribution is 0.835. The van der Waals surface area contributed by atoms with Gasteiger partial charge in [-0.05, 0) is 29.4 Å². The molecule has 1 aromatic carbocycles. The first-order valence-electron chi connectivity index (χ1n) is 8.42. The Labute approximate surface area is 138 Å². The predicted molar refractivity (Wildman–Crippen MR) is 96.8 cm³/mol. The van der Waals surface area contributed by atoms with Crippen molar-refractivity contribution in [2.75, 3.05) is 5.32 Å². The van der Waals surface area contributed by atoms with E-state index in [0.29, 0.717) is 17.8 Å². The number of hydrogen-bond donors (Lipinski definition) is 2. The maximum Gasteiger partial charge on any atom is 0.252 e. The average molecular weight is 313 g/mol. The van der Waals surface area contributed by atoms with Gasteiger partial charge in [0, 0.05) is 17.4 Å². The molecule has 0 radical (unpaired) electrons. The summed E-state index contributed by atoms with van der Waals surface area (Å²) < 4.78 is 0. The molecule has 0 aliphatic heterocycles. The number of anilines is 2. The Morgan fingerprint density at radius 3 is 2.26 bits per heavy atom. The fourth-order valence-corrected chi connectivity index (χ4v) is 2.77. The van der Waals surface area contributed by atoms with Crippen LogP contribution in [0.15, 0.2) is 29.1 Å². The summed E-state index contributed by atoms with van der Waals surface area (Å²) in [7, 11) is 0. The Hall–Kier alpha value is -2.10. The Morgan fingerprint density at radius 1 is 1.13 bits per heavy atom. The molecule has 4 heteroatoms. The molecule has 124 valence electrons. The van der Waals surface area contributed by atoms with Crippen LogP contribution < -0.4 is 10.9 Å². The monoisotopic (exact) mass is 313 g/mol. The molecule has 0 unspecified atom stereocenters. The summed E-state index contributed by atoms with van der Waals surface area (Å²) in [5.74, 6) is 1.31. The molecule has 0 saturated heterocycles. The van der Waals surface area contributed by atoms with Crippen molar-refractivity contribution in [1.29, 1.82) is 0 Å². The van der Waals surface area contributed by atoms with Gasteiger partial charge in [-0.3, -0.25) is 9.78 Å². The van der Waals surface area contributed by atoms with Crippen LogP contribution in [0.2, 0.25) is 0 Å². The van der Waals surface area contributed by atoms with Crippen molar-refractivity contribution < 1.29 is 0 Å². The molecule has 1 heterocycles. The highest BCUT2D eigenvalue weighted by molar-refractivity contribution is 5.65. The summed E-state index contributed by atoms with van der Waals surface area (Å²) in [4.78, 5) is 19.2. The SMILES string of the molecule is CCCc1cc(=O)[nH]c(Nc2c(C(C)C)cccc2C(C)C)n1. The van der Waals surface area contributed by atoms with E-state index < -0.39 is 0 Å².